The highest BCUT2D eigenvalue weighted by atomic mass is 79.9. The molecule has 0 aliphatic carbocycles. The van der Waals surface area contributed by atoms with E-state index in [-0.39, 0.29) is 0 Å². The lowest BCUT2D eigenvalue weighted by molar-refractivity contribution is 0.573. The van der Waals surface area contributed by atoms with Gasteiger partial charge in [0.1, 0.15) is 17.4 Å². The van der Waals surface area contributed by atoms with Crippen molar-refractivity contribution >= 4 is 21.6 Å². The number of halogens is 3. The molecule has 0 radical (unpaired) electrons. The van der Waals surface area contributed by atoms with Crippen LogP contribution in [-0.4, -0.2) is 13.1 Å². The van der Waals surface area contributed by atoms with Gasteiger partial charge >= 0.3 is 0 Å². The minimum atomic E-state index is -0.824. The van der Waals surface area contributed by atoms with Crippen LogP contribution >= 0.6 is 15.9 Å². The van der Waals surface area contributed by atoms with Crippen LogP contribution in [0, 0.1) is 23.0 Å². The summed E-state index contributed by atoms with van der Waals surface area (Å²) in [5, 5.41) is 8.69. The molecule has 0 bridgehead atoms. The lowest BCUT2D eigenvalue weighted by atomic mass is 10.1. The van der Waals surface area contributed by atoms with Gasteiger partial charge in [-0.25, -0.2) is 8.78 Å². The molecule has 0 atom stereocenters. The van der Waals surface area contributed by atoms with E-state index in [0.717, 1.165) is 32.0 Å². The number of nitrogens with zero attached hydrogens (tertiary/aromatic N) is 2. The maximum absolute atomic E-state index is 13.9. The Morgan fingerprint density at radius 1 is 1.31 bits per heavy atom. The summed E-state index contributed by atoms with van der Waals surface area (Å²) in [7, 11) is 0. The molecule has 1 heterocycles. The van der Waals surface area contributed by atoms with Gasteiger partial charge in [0.25, 0.3) is 0 Å². The van der Waals surface area contributed by atoms with Crippen molar-refractivity contribution in [3.05, 3.63) is 27.7 Å². The van der Waals surface area contributed by atoms with Gasteiger partial charge in [0.05, 0.1) is 5.69 Å². The molecule has 0 spiro atoms. The lowest BCUT2D eigenvalue weighted by Gasteiger charge is -2.20. The van der Waals surface area contributed by atoms with Crippen molar-refractivity contribution in [3.8, 4) is 6.07 Å². The van der Waals surface area contributed by atoms with Gasteiger partial charge in [-0.2, -0.15) is 5.26 Å². The van der Waals surface area contributed by atoms with E-state index in [2.05, 4.69) is 15.9 Å². The van der Waals surface area contributed by atoms with Crippen molar-refractivity contribution in [3.63, 3.8) is 0 Å². The highest BCUT2D eigenvalue weighted by Gasteiger charge is 2.23. The van der Waals surface area contributed by atoms with Gasteiger partial charge < -0.3 is 4.90 Å². The first kappa shape index (κ1) is 11.3. The quantitative estimate of drug-likeness (QED) is 0.793. The second-order valence-corrected chi connectivity index (χ2v) is 4.54. The molecule has 1 fully saturated rings. The molecule has 1 aliphatic heterocycles. The van der Waals surface area contributed by atoms with Crippen molar-refractivity contribution in [2.24, 2.45) is 0 Å². The van der Waals surface area contributed by atoms with Crippen molar-refractivity contribution in [1.82, 2.24) is 0 Å². The Hall–Kier alpha value is -1.15. The van der Waals surface area contributed by atoms with E-state index in [9.17, 15) is 8.78 Å². The van der Waals surface area contributed by atoms with Crippen LogP contribution in [0.25, 0.3) is 0 Å². The van der Waals surface area contributed by atoms with Crippen LogP contribution < -0.4 is 4.90 Å². The van der Waals surface area contributed by atoms with Gasteiger partial charge in [-0.15, -0.1) is 0 Å². The fourth-order valence-corrected chi connectivity index (χ4v) is 2.54. The van der Waals surface area contributed by atoms with Crippen molar-refractivity contribution in [2.75, 3.05) is 18.0 Å². The normalized spacial score (nSPS) is 15.2. The Morgan fingerprint density at radius 3 is 2.50 bits per heavy atom. The van der Waals surface area contributed by atoms with Gasteiger partial charge in [0, 0.05) is 17.6 Å². The van der Waals surface area contributed by atoms with E-state index >= 15 is 0 Å². The number of benzene rings is 1. The zero-order chi connectivity index (χ0) is 11.7. The van der Waals surface area contributed by atoms with Gasteiger partial charge in [-0.05, 0) is 34.8 Å². The van der Waals surface area contributed by atoms with E-state index < -0.39 is 17.2 Å². The molecule has 2 nitrogen and oxygen atoms in total. The van der Waals surface area contributed by atoms with Crippen LogP contribution in [0.3, 0.4) is 0 Å². The minimum Gasteiger partial charge on any atom is -0.368 e. The average molecular weight is 287 g/mol. The van der Waals surface area contributed by atoms with E-state index in [4.69, 9.17) is 5.26 Å². The molecular formula is C11H9BrF2N2. The first-order valence-electron chi connectivity index (χ1n) is 4.97. The third kappa shape index (κ3) is 1.78. The molecule has 0 saturated carbocycles. The highest BCUT2D eigenvalue weighted by Crippen LogP contribution is 2.34. The molecule has 2 rings (SSSR count). The summed E-state index contributed by atoms with van der Waals surface area (Å²) in [6.45, 7) is 1.48. The standard InChI is InChI=1S/C11H9BrF2N2/c12-8-5-9(13)7(6-15)10(14)11(8)16-3-1-2-4-16/h5H,1-4H2. The number of hydrogen-bond acceptors (Lipinski definition) is 2. The maximum Gasteiger partial charge on any atom is 0.168 e. The second-order valence-electron chi connectivity index (χ2n) is 3.68. The molecule has 5 heteroatoms. The topological polar surface area (TPSA) is 27.0 Å². The number of hydrogen-bond donors (Lipinski definition) is 0. The monoisotopic (exact) mass is 286 g/mol. The number of nitriles is 1. The maximum atomic E-state index is 13.9. The molecule has 16 heavy (non-hydrogen) atoms. The second kappa shape index (κ2) is 4.38. The molecule has 0 N–H and O–H groups in total. The highest BCUT2D eigenvalue weighted by molar-refractivity contribution is 9.10. The summed E-state index contributed by atoms with van der Waals surface area (Å²) in [5.74, 6) is -1.59. The van der Waals surface area contributed by atoms with Gasteiger partial charge in [-0.1, -0.05) is 0 Å². The first-order valence-corrected chi connectivity index (χ1v) is 5.77. The Bertz CT molecular complexity index is 462. The summed E-state index contributed by atoms with van der Waals surface area (Å²) in [5.41, 5.74) is -0.208. The summed E-state index contributed by atoms with van der Waals surface area (Å²) >= 11 is 3.14. The molecule has 0 aromatic heterocycles. The summed E-state index contributed by atoms with van der Waals surface area (Å²) in [4.78, 5) is 1.83. The zero-order valence-corrected chi connectivity index (χ0v) is 10.0. The zero-order valence-electron chi connectivity index (χ0n) is 8.43. The summed E-state index contributed by atoms with van der Waals surface area (Å²) in [6.07, 6.45) is 1.98. The summed E-state index contributed by atoms with van der Waals surface area (Å²) in [6, 6.07) is 2.71. The molecular weight excluding hydrogens is 278 g/mol. The summed E-state index contributed by atoms with van der Waals surface area (Å²) < 4.78 is 27.5. The molecule has 84 valence electrons. The van der Waals surface area contributed by atoms with Crippen LogP contribution in [0.2, 0.25) is 0 Å². The molecule has 0 amide bonds. The molecule has 1 aromatic rings. The van der Waals surface area contributed by atoms with Gasteiger partial charge in [-0.3, -0.25) is 0 Å². The van der Waals surface area contributed by atoms with E-state index in [1.807, 2.05) is 4.90 Å². The third-order valence-corrected chi connectivity index (χ3v) is 3.28. The molecule has 1 aromatic carbocycles. The van der Waals surface area contributed by atoms with Crippen molar-refractivity contribution in [1.29, 1.82) is 5.26 Å². The van der Waals surface area contributed by atoms with Gasteiger partial charge in [0.2, 0.25) is 0 Å². The lowest BCUT2D eigenvalue weighted by Crippen LogP contribution is -2.20. The van der Waals surface area contributed by atoms with Crippen LogP contribution in [0.5, 0.6) is 0 Å². The fraction of sp³-hybridized carbons (Fsp3) is 0.364. The smallest absolute Gasteiger partial charge is 0.168 e. The Labute approximate surface area is 101 Å². The van der Waals surface area contributed by atoms with Crippen LogP contribution in [0.1, 0.15) is 18.4 Å². The average Bonchev–Trinajstić information content (AvgIpc) is 2.70. The van der Waals surface area contributed by atoms with Crippen LogP contribution in [0.15, 0.2) is 10.5 Å². The largest absolute Gasteiger partial charge is 0.368 e. The van der Waals surface area contributed by atoms with Crippen molar-refractivity contribution < 1.29 is 8.78 Å². The minimum absolute atomic E-state index is 0.301. The first-order chi connectivity index (χ1) is 7.65. The number of anilines is 1. The van der Waals surface area contributed by atoms with E-state index in [1.165, 1.54) is 0 Å². The van der Waals surface area contributed by atoms with Gasteiger partial charge in [0.15, 0.2) is 5.82 Å². The number of rotatable bonds is 1. The van der Waals surface area contributed by atoms with Crippen LogP contribution in [-0.2, 0) is 0 Å². The Morgan fingerprint density at radius 2 is 1.94 bits per heavy atom. The van der Waals surface area contributed by atoms with Crippen LogP contribution in [0.4, 0.5) is 14.5 Å². The predicted molar refractivity (Wildman–Crippen MR) is 60.2 cm³/mol. The fourth-order valence-electron chi connectivity index (χ4n) is 1.91. The van der Waals surface area contributed by atoms with E-state index in [0.29, 0.717) is 10.2 Å². The molecule has 0 unspecified atom stereocenters. The molecule has 1 aliphatic rings. The SMILES string of the molecule is N#Cc1c(F)cc(Br)c(N2CCCC2)c1F. The van der Waals surface area contributed by atoms with Crippen molar-refractivity contribution in [2.45, 2.75) is 12.8 Å². The molecule has 1 saturated heterocycles. The Balaban J connectivity index is 2.56. The Kier molecular flexibility index (Phi) is 3.10. The third-order valence-electron chi connectivity index (χ3n) is 2.68. The predicted octanol–water partition coefficient (Wildman–Crippen LogP) is 3.20. The van der Waals surface area contributed by atoms with E-state index in [1.54, 1.807) is 6.07 Å².